The second kappa shape index (κ2) is 5.54. The number of nitrogens with zero attached hydrogens (tertiary/aromatic N) is 1. The first-order valence-corrected chi connectivity index (χ1v) is 7.34. The summed E-state index contributed by atoms with van der Waals surface area (Å²) in [6.07, 6.45) is 5.13. The number of H-pyrrole nitrogens is 1. The molecule has 4 nitrogen and oxygen atoms in total. The molecule has 106 valence electrons. The Morgan fingerprint density at radius 1 is 1.43 bits per heavy atom. The van der Waals surface area contributed by atoms with Crippen LogP contribution in [-0.4, -0.2) is 22.9 Å². The van der Waals surface area contributed by atoms with Crippen LogP contribution in [0.2, 0.25) is 0 Å². The lowest BCUT2D eigenvalue weighted by Gasteiger charge is -2.00. The number of fused-ring (bicyclic) bond motifs is 1. The van der Waals surface area contributed by atoms with E-state index in [4.69, 9.17) is 4.74 Å². The highest BCUT2D eigenvalue weighted by Gasteiger charge is 2.10. The molecule has 2 aromatic heterocycles. The number of aromatic amines is 1. The summed E-state index contributed by atoms with van der Waals surface area (Å²) in [5.74, 6) is 0.695. The van der Waals surface area contributed by atoms with Crippen LogP contribution in [0.15, 0.2) is 36.0 Å². The van der Waals surface area contributed by atoms with Gasteiger partial charge >= 0.3 is 0 Å². The number of hydrogen-bond acceptors (Lipinski definition) is 4. The maximum absolute atomic E-state index is 12.4. The molecule has 0 amide bonds. The smallest absolute Gasteiger partial charge is 0.188 e. The number of carbonyl (C=O) groups excluding carboxylic acids is 1. The van der Waals surface area contributed by atoms with E-state index in [-0.39, 0.29) is 5.78 Å². The lowest BCUT2D eigenvalue weighted by atomic mass is 10.1. The van der Waals surface area contributed by atoms with Crippen LogP contribution in [0, 0.1) is 6.92 Å². The van der Waals surface area contributed by atoms with E-state index >= 15 is 0 Å². The van der Waals surface area contributed by atoms with Gasteiger partial charge in [0.1, 0.15) is 5.75 Å². The van der Waals surface area contributed by atoms with Gasteiger partial charge in [-0.3, -0.25) is 4.79 Å². The van der Waals surface area contributed by atoms with Gasteiger partial charge in [0.05, 0.1) is 18.3 Å². The zero-order valence-corrected chi connectivity index (χ0v) is 12.5. The Morgan fingerprint density at radius 3 is 3.00 bits per heavy atom. The third kappa shape index (κ3) is 2.60. The number of carbonyl (C=O) groups is 1. The fourth-order valence-electron chi connectivity index (χ4n) is 2.14. The summed E-state index contributed by atoms with van der Waals surface area (Å²) in [5.41, 5.74) is 4.27. The summed E-state index contributed by atoms with van der Waals surface area (Å²) >= 11 is 1.52. The topological polar surface area (TPSA) is 55.0 Å². The minimum absolute atomic E-state index is 0.0395. The van der Waals surface area contributed by atoms with Gasteiger partial charge in [0.2, 0.25) is 0 Å². The van der Waals surface area contributed by atoms with Crippen LogP contribution in [0.3, 0.4) is 0 Å². The maximum Gasteiger partial charge on any atom is 0.188 e. The molecule has 0 radical (unpaired) electrons. The first kappa shape index (κ1) is 13.6. The normalized spacial score (nSPS) is 11.3. The molecule has 0 unspecified atom stereocenters. The second-order valence-corrected chi connectivity index (χ2v) is 5.50. The van der Waals surface area contributed by atoms with Crippen molar-refractivity contribution in [1.29, 1.82) is 0 Å². The number of aromatic nitrogens is 2. The zero-order chi connectivity index (χ0) is 14.8. The minimum atomic E-state index is -0.0395. The summed E-state index contributed by atoms with van der Waals surface area (Å²) in [4.78, 5) is 20.6. The number of allylic oxidation sites excluding steroid dienone is 1. The van der Waals surface area contributed by atoms with E-state index in [1.165, 1.54) is 11.3 Å². The SMILES string of the molecule is COc1ccc2[nH]cc(C(=O)C=Cc3scnc3C)c2c1. The third-order valence-electron chi connectivity index (χ3n) is 3.32. The predicted molar refractivity (Wildman–Crippen MR) is 85.1 cm³/mol. The van der Waals surface area contributed by atoms with Crippen LogP contribution in [-0.2, 0) is 0 Å². The van der Waals surface area contributed by atoms with Crippen molar-refractivity contribution in [2.45, 2.75) is 6.92 Å². The van der Waals surface area contributed by atoms with E-state index in [2.05, 4.69) is 9.97 Å². The molecule has 0 fully saturated rings. The monoisotopic (exact) mass is 298 g/mol. The predicted octanol–water partition coefficient (Wildman–Crippen LogP) is 3.84. The Labute approximate surface area is 126 Å². The van der Waals surface area contributed by atoms with Gasteiger partial charge in [-0.2, -0.15) is 0 Å². The second-order valence-electron chi connectivity index (χ2n) is 4.61. The van der Waals surface area contributed by atoms with Crippen molar-refractivity contribution in [3.8, 4) is 5.75 Å². The fraction of sp³-hybridized carbons (Fsp3) is 0.125. The number of ketones is 1. The Morgan fingerprint density at radius 2 is 2.29 bits per heavy atom. The van der Waals surface area contributed by atoms with Gasteiger partial charge in [-0.1, -0.05) is 0 Å². The number of rotatable bonds is 4. The standard InChI is InChI=1S/C16H14N2O2S/c1-10-16(21-9-18-10)6-5-15(19)13-8-17-14-4-3-11(20-2)7-12(13)14/h3-9,17H,1-2H3. The molecule has 0 saturated heterocycles. The van der Waals surface area contributed by atoms with Crippen molar-refractivity contribution in [2.75, 3.05) is 7.11 Å². The lowest BCUT2D eigenvalue weighted by molar-refractivity contribution is 0.104. The van der Waals surface area contributed by atoms with E-state index in [9.17, 15) is 4.79 Å². The highest BCUT2D eigenvalue weighted by Crippen LogP contribution is 2.24. The van der Waals surface area contributed by atoms with Crippen LogP contribution in [0.4, 0.5) is 0 Å². The molecule has 21 heavy (non-hydrogen) atoms. The molecule has 0 aliphatic heterocycles. The zero-order valence-electron chi connectivity index (χ0n) is 11.7. The molecule has 3 rings (SSSR count). The molecule has 3 aromatic rings. The van der Waals surface area contributed by atoms with E-state index < -0.39 is 0 Å². The van der Waals surface area contributed by atoms with Crippen molar-refractivity contribution in [1.82, 2.24) is 9.97 Å². The molecule has 0 aliphatic rings. The van der Waals surface area contributed by atoms with Gasteiger partial charge in [0.25, 0.3) is 0 Å². The molecule has 0 saturated carbocycles. The van der Waals surface area contributed by atoms with Crippen molar-refractivity contribution < 1.29 is 9.53 Å². The average Bonchev–Trinajstić information content (AvgIpc) is 3.10. The van der Waals surface area contributed by atoms with Gasteiger partial charge < -0.3 is 9.72 Å². The molecule has 0 atom stereocenters. The quantitative estimate of drug-likeness (QED) is 0.588. The number of aryl methyl sites for hydroxylation is 1. The van der Waals surface area contributed by atoms with Crippen molar-refractivity contribution in [3.05, 3.63) is 52.1 Å². The van der Waals surface area contributed by atoms with E-state index in [0.29, 0.717) is 5.56 Å². The minimum Gasteiger partial charge on any atom is -0.497 e. The van der Waals surface area contributed by atoms with Crippen LogP contribution in [0.5, 0.6) is 5.75 Å². The average molecular weight is 298 g/mol. The molecule has 0 aliphatic carbocycles. The van der Waals surface area contributed by atoms with E-state index in [1.807, 2.05) is 31.2 Å². The number of nitrogens with one attached hydrogen (secondary N) is 1. The summed E-state index contributed by atoms with van der Waals surface area (Å²) in [6, 6.07) is 5.64. The van der Waals surface area contributed by atoms with Crippen molar-refractivity contribution in [2.24, 2.45) is 0 Å². The molecule has 0 bridgehead atoms. The van der Waals surface area contributed by atoms with Gasteiger partial charge in [-0.15, -0.1) is 11.3 Å². The fourth-order valence-corrected chi connectivity index (χ4v) is 2.84. The summed E-state index contributed by atoms with van der Waals surface area (Å²) in [5, 5.41) is 0.866. The Hall–Kier alpha value is -2.40. The number of hydrogen-bond donors (Lipinski definition) is 1. The molecule has 1 N–H and O–H groups in total. The molecule has 1 aromatic carbocycles. The summed E-state index contributed by atoms with van der Waals surface area (Å²) in [6.45, 7) is 1.93. The number of benzene rings is 1. The number of thiazole rings is 1. The van der Waals surface area contributed by atoms with E-state index in [1.54, 1.807) is 24.9 Å². The molecule has 2 heterocycles. The number of ether oxygens (including phenoxy) is 1. The van der Waals surface area contributed by atoms with Gasteiger partial charge in [-0.05, 0) is 37.3 Å². The first-order chi connectivity index (χ1) is 10.2. The van der Waals surface area contributed by atoms with Gasteiger partial charge in [0.15, 0.2) is 5.78 Å². The van der Waals surface area contributed by atoms with Crippen LogP contribution < -0.4 is 4.74 Å². The summed E-state index contributed by atoms with van der Waals surface area (Å²) in [7, 11) is 1.61. The largest absolute Gasteiger partial charge is 0.497 e. The highest BCUT2D eigenvalue weighted by molar-refractivity contribution is 7.10. The molecule has 0 spiro atoms. The van der Waals surface area contributed by atoms with E-state index in [0.717, 1.165) is 27.2 Å². The van der Waals surface area contributed by atoms with Crippen LogP contribution in [0.25, 0.3) is 17.0 Å². The van der Waals surface area contributed by atoms with Gasteiger partial charge in [0, 0.05) is 27.5 Å². The number of methoxy groups -OCH3 is 1. The maximum atomic E-state index is 12.4. The molecular weight excluding hydrogens is 284 g/mol. The molecular formula is C16H14N2O2S. The van der Waals surface area contributed by atoms with Crippen LogP contribution in [0.1, 0.15) is 20.9 Å². The van der Waals surface area contributed by atoms with Gasteiger partial charge in [-0.25, -0.2) is 4.98 Å². The highest BCUT2D eigenvalue weighted by atomic mass is 32.1. The summed E-state index contributed by atoms with van der Waals surface area (Å²) < 4.78 is 5.21. The Kier molecular flexibility index (Phi) is 3.58. The molecule has 5 heteroatoms. The van der Waals surface area contributed by atoms with Crippen LogP contribution >= 0.6 is 11.3 Å². The van der Waals surface area contributed by atoms with Crippen molar-refractivity contribution >= 4 is 34.1 Å². The Bertz CT molecular complexity index is 830. The third-order valence-corrected chi connectivity index (χ3v) is 4.22. The first-order valence-electron chi connectivity index (χ1n) is 6.46. The lowest BCUT2D eigenvalue weighted by Crippen LogP contribution is -1.92. The Balaban J connectivity index is 1.94. The van der Waals surface area contributed by atoms with Crippen molar-refractivity contribution in [3.63, 3.8) is 0 Å².